The quantitative estimate of drug-likeness (QED) is 0.806. The lowest BCUT2D eigenvalue weighted by Gasteiger charge is -2.16. The zero-order chi connectivity index (χ0) is 11.5. The Morgan fingerprint density at radius 3 is 2.81 bits per heavy atom. The fourth-order valence-electron chi connectivity index (χ4n) is 1.28. The molecule has 2 aromatic rings. The molecular weight excluding hydrogens is 264 g/mol. The monoisotopic (exact) mass is 272 g/mol. The van der Waals surface area contributed by atoms with E-state index in [4.69, 9.17) is 11.6 Å². The molecule has 0 fully saturated rings. The van der Waals surface area contributed by atoms with Gasteiger partial charge in [-0.1, -0.05) is 28.0 Å². The van der Waals surface area contributed by atoms with Crippen molar-refractivity contribution in [3.63, 3.8) is 0 Å². The number of halogens is 1. The fourth-order valence-corrected chi connectivity index (χ4v) is 4.02. The van der Waals surface area contributed by atoms with Crippen molar-refractivity contribution < 1.29 is 0 Å². The molecule has 0 aromatic carbocycles. The van der Waals surface area contributed by atoms with E-state index in [9.17, 15) is 4.79 Å². The van der Waals surface area contributed by atoms with Gasteiger partial charge in [0.05, 0.1) is 12.2 Å². The maximum atomic E-state index is 11.3. The van der Waals surface area contributed by atoms with Gasteiger partial charge in [0, 0.05) is 13.2 Å². The van der Waals surface area contributed by atoms with Crippen LogP contribution in [-0.4, -0.2) is 12.0 Å². The van der Waals surface area contributed by atoms with Crippen molar-refractivity contribution in [2.45, 2.75) is 6.54 Å². The number of aromatic nitrogens is 1. The Morgan fingerprint density at radius 2 is 2.25 bits per heavy atom. The van der Waals surface area contributed by atoms with E-state index in [1.54, 1.807) is 6.20 Å². The van der Waals surface area contributed by atoms with Crippen LogP contribution in [-0.2, 0) is 6.54 Å². The highest BCUT2D eigenvalue weighted by atomic mass is 35.5. The number of hydrogen-bond acceptors (Lipinski definition) is 5. The highest BCUT2D eigenvalue weighted by molar-refractivity contribution is 7.70. The van der Waals surface area contributed by atoms with Gasteiger partial charge in [0.2, 0.25) is 0 Å². The second kappa shape index (κ2) is 4.95. The summed E-state index contributed by atoms with van der Waals surface area (Å²) in [5, 5.41) is 1.12. The summed E-state index contributed by atoms with van der Waals surface area (Å²) in [4.78, 5) is 17.4. The Hall–Kier alpha value is -0.910. The minimum atomic E-state index is -0.0745. The first-order chi connectivity index (χ1) is 7.68. The molecule has 6 heteroatoms. The lowest BCUT2D eigenvalue weighted by Crippen LogP contribution is -2.16. The van der Waals surface area contributed by atoms with E-state index in [0.29, 0.717) is 11.6 Å². The van der Waals surface area contributed by atoms with E-state index in [-0.39, 0.29) is 4.74 Å². The zero-order valence-corrected chi connectivity index (χ0v) is 10.9. The van der Waals surface area contributed by atoms with Crippen molar-refractivity contribution in [2.24, 2.45) is 0 Å². The van der Waals surface area contributed by atoms with E-state index in [1.807, 2.05) is 30.1 Å². The number of rotatable bonds is 3. The maximum absolute atomic E-state index is 11.3. The minimum absolute atomic E-state index is 0.0745. The van der Waals surface area contributed by atoms with Gasteiger partial charge in [0.25, 0.3) is 4.74 Å². The van der Waals surface area contributed by atoms with Crippen LogP contribution in [0.5, 0.6) is 0 Å². The zero-order valence-electron chi connectivity index (χ0n) is 8.51. The largest absolute Gasteiger partial charge is 0.359 e. The average molecular weight is 273 g/mol. The molecule has 0 N–H and O–H groups in total. The van der Waals surface area contributed by atoms with Gasteiger partial charge in [-0.2, -0.15) is 0 Å². The van der Waals surface area contributed by atoms with Crippen LogP contribution in [0.4, 0.5) is 5.00 Å². The van der Waals surface area contributed by atoms with Crippen molar-refractivity contribution in [1.29, 1.82) is 0 Å². The third-order valence-electron chi connectivity index (χ3n) is 2.04. The molecule has 0 spiro atoms. The summed E-state index contributed by atoms with van der Waals surface area (Å²) in [6.07, 6.45) is 1.75. The van der Waals surface area contributed by atoms with Gasteiger partial charge in [-0.15, -0.1) is 0 Å². The molecule has 0 atom stereocenters. The molecule has 0 aliphatic rings. The molecule has 2 aromatic heterocycles. The van der Waals surface area contributed by atoms with Crippen LogP contribution in [0.2, 0.25) is 5.02 Å². The molecule has 0 aliphatic carbocycles. The molecule has 0 saturated carbocycles. The van der Waals surface area contributed by atoms with Gasteiger partial charge in [-0.25, -0.2) is 0 Å². The van der Waals surface area contributed by atoms with Crippen molar-refractivity contribution in [1.82, 2.24) is 4.98 Å². The van der Waals surface area contributed by atoms with Gasteiger partial charge in [0.1, 0.15) is 10.0 Å². The van der Waals surface area contributed by atoms with Crippen molar-refractivity contribution in [2.75, 3.05) is 11.9 Å². The van der Waals surface area contributed by atoms with Crippen molar-refractivity contribution in [3.8, 4) is 0 Å². The van der Waals surface area contributed by atoms with Crippen LogP contribution in [0, 0.1) is 0 Å². The average Bonchev–Trinajstić information content (AvgIpc) is 2.61. The molecule has 0 unspecified atom stereocenters. The minimum Gasteiger partial charge on any atom is -0.359 e. The third kappa shape index (κ3) is 2.42. The molecule has 0 aliphatic heterocycles. The molecule has 2 rings (SSSR count). The van der Waals surface area contributed by atoms with Crippen LogP contribution in [0.15, 0.2) is 29.2 Å². The second-order valence-electron chi connectivity index (χ2n) is 3.25. The maximum Gasteiger partial charge on any atom is 0.263 e. The van der Waals surface area contributed by atoms with Crippen molar-refractivity contribution >= 4 is 37.3 Å². The Labute approximate surface area is 105 Å². The second-order valence-corrected chi connectivity index (χ2v) is 5.72. The van der Waals surface area contributed by atoms with Crippen LogP contribution >= 0.6 is 32.3 Å². The standard InChI is InChI=1S/C10H9ClN2OS2/c1-13(6-7-4-2-3-5-12-7)9-8(11)10(14)16-15-9/h2-5H,6H2,1H3. The summed E-state index contributed by atoms with van der Waals surface area (Å²) >= 11 is 5.92. The van der Waals surface area contributed by atoms with Crippen LogP contribution in [0.3, 0.4) is 0 Å². The Morgan fingerprint density at radius 1 is 1.44 bits per heavy atom. The molecule has 0 bridgehead atoms. The van der Waals surface area contributed by atoms with E-state index < -0.39 is 0 Å². The molecule has 16 heavy (non-hydrogen) atoms. The lowest BCUT2D eigenvalue weighted by molar-refractivity contribution is 0.894. The van der Waals surface area contributed by atoms with E-state index in [0.717, 1.165) is 21.0 Å². The lowest BCUT2D eigenvalue weighted by atomic mass is 10.3. The predicted molar refractivity (Wildman–Crippen MR) is 69.8 cm³/mol. The van der Waals surface area contributed by atoms with Crippen LogP contribution in [0.25, 0.3) is 0 Å². The number of anilines is 1. The Balaban J connectivity index is 2.18. The third-order valence-corrected chi connectivity index (χ3v) is 4.90. The van der Waals surface area contributed by atoms with E-state index in [1.165, 1.54) is 10.3 Å². The van der Waals surface area contributed by atoms with E-state index in [2.05, 4.69) is 4.98 Å². The smallest absolute Gasteiger partial charge is 0.263 e. The molecule has 0 radical (unpaired) electrons. The van der Waals surface area contributed by atoms with Crippen LogP contribution < -0.4 is 9.64 Å². The summed E-state index contributed by atoms with van der Waals surface area (Å²) < 4.78 is -0.0745. The normalized spacial score (nSPS) is 10.4. The number of hydrogen-bond donors (Lipinski definition) is 0. The summed E-state index contributed by atoms with van der Waals surface area (Å²) in [7, 11) is 4.46. The van der Waals surface area contributed by atoms with Gasteiger partial charge in [-0.3, -0.25) is 9.78 Å². The van der Waals surface area contributed by atoms with Crippen LogP contribution in [0.1, 0.15) is 5.69 Å². The summed E-state index contributed by atoms with van der Waals surface area (Å²) in [6, 6.07) is 5.76. The molecular formula is C10H9ClN2OS2. The predicted octanol–water partition coefficient (Wildman–Crippen LogP) is 2.85. The number of pyridine rings is 1. The van der Waals surface area contributed by atoms with Gasteiger partial charge >= 0.3 is 0 Å². The van der Waals surface area contributed by atoms with Gasteiger partial charge < -0.3 is 4.90 Å². The summed E-state index contributed by atoms with van der Waals surface area (Å²) in [5.41, 5.74) is 0.951. The van der Waals surface area contributed by atoms with Gasteiger partial charge in [0.15, 0.2) is 0 Å². The highest BCUT2D eigenvalue weighted by Gasteiger charge is 2.13. The first-order valence-electron chi connectivity index (χ1n) is 4.58. The highest BCUT2D eigenvalue weighted by Crippen LogP contribution is 2.30. The topological polar surface area (TPSA) is 33.2 Å². The molecule has 84 valence electrons. The van der Waals surface area contributed by atoms with E-state index >= 15 is 0 Å². The summed E-state index contributed by atoms with van der Waals surface area (Å²) in [6.45, 7) is 0.646. The molecule has 0 saturated heterocycles. The SMILES string of the molecule is CN(Cc1ccccn1)c1ssc(=O)c1Cl. The number of nitrogens with zero attached hydrogens (tertiary/aromatic N) is 2. The fraction of sp³-hybridized carbons (Fsp3) is 0.200. The Bertz CT molecular complexity index is 523. The first-order valence-corrected chi connectivity index (χ1v) is 7.11. The Kier molecular flexibility index (Phi) is 3.58. The molecule has 3 nitrogen and oxygen atoms in total. The first kappa shape index (κ1) is 11.6. The summed E-state index contributed by atoms with van der Waals surface area (Å²) in [5.74, 6) is 0. The molecule has 2 heterocycles. The molecule has 0 amide bonds. The van der Waals surface area contributed by atoms with Gasteiger partial charge in [-0.05, 0) is 22.5 Å². The van der Waals surface area contributed by atoms with Crippen molar-refractivity contribution in [3.05, 3.63) is 44.6 Å².